The molecule has 2 N–H and O–H groups in total. The molecule has 2 aliphatic rings. The molecular weight excluding hydrogens is 479 g/mol. The quantitative estimate of drug-likeness (QED) is 0.490. The highest BCUT2D eigenvalue weighted by Gasteiger charge is 2.30. The van der Waals surface area contributed by atoms with E-state index in [1.165, 1.54) is 23.0 Å². The standard InChI is InChI=1S/C23H22Cl2N6OS/c1-14-11-15(5-6-19(14)30-9-7-26-8-10-30)28-23-27-12-16-21(29-23)33-13-31(22(16)32)20-17(24)3-2-4-18(20)25/h2-6,11-12,26H,7-10,13H2,1H3,(H,27,28,29). The van der Waals surface area contributed by atoms with Gasteiger partial charge in [-0.1, -0.05) is 41.0 Å². The maximum Gasteiger partial charge on any atom is 0.263 e. The van der Waals surface area contributed by atoms with Crippen molar-refractivity contribution in [3.8, 4) is 0 Å². The molecule has 10 heteroatoms. The molecule has 3 aromatic rings. The van der Waals surface area contributed by atoms with E-state index in [-0.39, 0.29) is 5.91 Å². The monoisotopic (exact) mass is 500 g/mol. The zero-order valence-corrected chi connectivity index (χ0v) is 20.3. The number of para-hydroxylation sites is 1. The van der Waals surface area contributed by atoms with Gasteiger partial charge in [-0.05, 0) is 42.8 Å². The Kier molecular flexibility index (Phi) is 6.34. The van der Waals surface area contributed by atoms with E-state index in [4.69, 9.17) is 23.2 Å². The Labute approximate surface area is 206 Å². The molecule has 170 valence electrons. The van der Waals surface area contributed by atoms with Gasteiger partial charge in [0.15, 0.2) is 0 Å². The van der Waals surface area contributed by atoms with Gasteiger partial charge in [0.25, 0.3) is 5.91 Å². The smallest absolute Gasteiger partial charge is 0.263 e. The Bertz CT molecular complexity index is 1200. The van der Waals surface area contributed by atoms with Gasteiger partial charge in [0.2, 0.25) is 5.95 Å². The molecule has 0 spiro atoms. The zero-order chi connectivity index (χ0) is 22.9. The molecule has 7 nitrogen and oxygen atoms in total. The molecule has 1 fully saturated rings. The van der Waals surface area contributed by atoms with Gasteiger partial charge in [0.1, 0.15) is 5.03 Å². The van der Waals surface area contributed by atoms with Crippen LogP contribution in [-0.4, -0.2) is 47.9 Å². The molecule has 2 aromatic carbocycles. The van der Waals surface area contributed by atoms with Gasteiger partial charge in [-0.3, -0.25) is 9.69 Å². The molecule has 0 saturated carbocycles. The normalized spacial score (nSPS) is 16.0. The van der Waals surface area contributed by atoms with E-state index in [0.29, 0.717) is 38.1 Å². The summed E-state index contributed by atoms with van der Waals surface area (Å²) < 4.78 is 0. The van der Waals surface area contributed by atoms with Crippen LogP contribution in [-0.2, 0) is 0 Å². The number of piperazine rings is 1. The summed E-state index contributed by atoms with van der Waals surface area (Å²) in [6, 6.07) is 11.4. The third-order valence-electron chi connectivity index (χ3n) is 5.68. The first-order chi connectivity index (χ1) is 16.0. The van der Waals surface area contributed by atoms with Gasteiger partial charge in [0, 0.05) is 43.8 Å². The van der Waals surface area contributed by atoms with Gasteiger partial charge in [0.05, 0.1) is 27.2 Å². The first-order valence-corrected chi connectivity index (χ1v) is 12.3. The number of halogens is 2. The molecule has 5 rings (SSSR count). The van der Waals surface area contributed by atoms with Crippen LogP contribution in [0.2, 0.25) is 10.0 Å². The number of hydrogen-bond acceptors (Lipinski definition) is 7. The number of carbonyl (C=O) groups excluding carboxylic acids is 1. The minimum absolute atomic E-state index is 0.221. The molecule has 0 unspecified atom stereocenters. The lowest BCUT2D eigenvalue weighted by atomic mass is 10.1. The van der Waals surface area contributed by atoms with Gasteiger partial charge >= 0.3 is 0 Å². The number of anilines is 4. The van der Waals surface area contributed by atoms with Crippen LogP contribution in [0.25, 0.3) is 0 Å². The summed E-state index contributed by atoms with van der Waals surface area (Å²) in [5.41, 5.74) is 4.27. The second kappa shape index (κ2) is 9.38. The largest absolute Gasteiger partial charge is 0.369 e. The molecule has 1 amide bonds. The second-order valence-electron chi connectivity index (χ2n) is 7.85. The Morgan fingerprint density at radius 3 is 2.61 bits per heavy atom. The first kappa shape index (κ1) is 22.3. The number of carbonyl (C=O) groups is 1. The number of nitrogens with one attached hydrogen (secondary N) is 2. The van der Waals surface area contributed by atoms with Crippen molar-refractivity contribution in [1.82, 2.24) is 15.3 Å². The highest BCUT2D eigenvalue weighted by atomic mass is 35.5. The topological polar surface area (TPSA) is 73.4 Å². The van der Waals surface area contributed by atoms with Crippen LogP contribution in [0.3, 0.4) is 0 Å². The van der Waals surface area contributed by atoms with Crippen molar-refractivity contribution in [2.45, 2.75) is 11.9 Å². The summed E-state index contributed by atoms with van der Waals surface area (Å²) in [5, 5.41) is 8.14. The van der Waals surface area contributed by atoms with Crippen molar-refractivity contribution < 1.29 is 4.79 Å². The fourth-order valence-electron chi connectivity index (χ4n) is 4.05. The van der Waals surface area contributed by atoms with Crippen molar-refractivity contribution in [2.24, 2.45) is 0 Å². The summed E-state index contributed by atoms with van der Waals surface area (Å²) in [7, 11) is 0. The van der Waals surface area contributed by atoms with Crippen LogP contribution in [0.15, 0.2) is 47.6 Å². The van der Waals surface area contributed by atoms with E-state index in [1.54, 1.807) is 29.3 Å². The van der Waals surface area contributed by atoms with E-state index >= 15 is 0 Å². The number of aromatic nitrogens is 2. The van der Waals surface area contributed by atoms with Crippen LogP contribution >= 0.6 is 35.0 Å². The fraction of sp³-hybridized carbons (Fsp3) is 0.261. The number of aryl methyl sites for hydroxylation is 1. The van der Waals surface area contributed by atoms with E-state index in [1.807, 2.05) is 6.07 Å². The number of rotatable bonds is 4. The first-order valence-electron chi connectivity index (χ1n) is 10.6. The highest BCUT2D eigenvalue weighted by molar-refractivity contribution is 7.99. The maximum atomic E-state index is 13.1. The zero-order valence-electron chi connectivity index (χ0n) is 17.9. The number of thioether (sulfide) groups is 1. The van der Waals surface area contributed by atoms with Gasteiger partial charge in [-0.2, -0.15) is 0 Å². The summed E-state index contributed by atoms with van der Waals surface area (Å²) in [5.74, 6) is 0.596. The van der Waals surface area contributed by atoms with Crippen LogP contribution in [0, 0.1) is 6.92 Å². The van der Waals surface area contributed by atoms with Crippen molar-refractivity contribution in [2.75, 3.05) is 47.2 Å². The van der Waals surface area contributed by atoms with Crippen LogP contribution in [0.4, 0.5) is 23.0 Å². The molecule has 33 heavy (non-hydrogen) atoms. The second-order valence-corrected chi connectivity index (χ2v) is 9.60. The average molecular weight is 501 g/mol. The predicted octanol–water partition coefficient (Wildman–Crippen LogP) is 4.96. The van der Waals surface area contributed by atoms with E-state index in [0.717, 1.165) is 31.9 Å². The number of amides is 1. The molecule has 1 aromatic heterocycles. The molecule has 1 saturated heterocycles. The molecular formula is C23H22Cl2N6OS. The summed E-state index contributed by atoms with van der Waals surface area (Å²) >= 11 is 14.1. The Morgan fingerprint density at radius 1 is 1.12 bits per heavy atom. The van der Waals surface area contributed by atoms with E-state index < -0.39 is 0 Å². The molecule has 0 radical (unpaired) electrons. The summed E-state index contributed by atoms with van der Waals surface area (Å²) in [4.78, 5) is 26.0. The third kappa shape index (κ3) is 4.48. The predicted molar refractivity (Wildman–Crippen MR) is 136 cm³/mol. The number of nitrogens with zero attached hydrogens (tertiary/aromatic N) is 4. The summed E-state index contributed by atoms with van der Waals surface area (Å²) in [6.07, 6.45) is 1.55. The molecule has 3 heterocycles. The van der Waals surface area contributed by atoms with Crippen molar-refractivity contribution in [3.63, 3.8) is 0 Å². The third-order valence-corrected chi connectivity index (χ3v) is 7.26. The van der Waals surface area contributed by atoms with E-state index in [2.05, 4.69) is 44.6 Å². The number of fused-ring (bicyclic) bond motifs is 1. The Hall–Kier alpha value is -2.52. The van der Waals surface area contributed by atoms with Crippen molar-refractivity contribution in [1.29, 1.82) is 0 Å². The Balaban J connectivity index is 1.35. The maximum absolute atomic E-state index is 13.1. The molecule has 0 aliphatic carbocycles. The van der Waals surface area contributed by atoms with Crippen molar-refractivity contribution in [3.05, 3.63) is 63.8 Å². The van der Waals surface area contributed by atoms with E-state index in [9.17, 15) is 4.79 Å². The summed E-state index contributed by atoms with van der Waals surface area (Å²) in [6.45, 7) is 6.11. The minimum Gasteiger partial charge on any atom is -0.369 e. The van der Waals surface area contributed by atoms with Gasteiger partial charge in [-0.15, -0.1) is 0 Å². The molecule has 0 bridgehead atoms. The van der Waals surface area contributed by atoms with Gasteiger partial charge < -0.3 is 15.5 Å². The van der Waals surface area contributed by atoms with Crippen LogP contribution in [0.1, 0.15) is 15.9 Å². The van der Waals surface area contributed by atoms with Crippen LogP contribution < -0.4 is 20.4 Å². The number of benzene rings is 2. The minimum atomic E-state index is -0.221. The Morgan fingerprint density at radius 2 is 1.88 bits per heavy atom. The SMILES string of the molecule is Cc1cc(Nc2ncc3c(n2)SCN(c2c(Cl)cccc2Cl)C3=O)ccc1N1CCNCC1. The van der Waals surface area contributed by atoms with Crippen molar-refractivity contribution >= 4 is 63.9 Å². The highest BCUT2D eigenvalue weighted by Crippen LogP contribution is 2.39. The molecule has 2 aliphatic heterocycles. The lowest BCUT2D eigenvalue weighted by molar-refractivity contribution is 0.0985. The lowest BCUT2D eigenvalue weighted by Crippen LogP contribution is -2.43. The molecule has 0 atom stereocenters. The lowest BCUT2D eigenvalue weighted by Gasteiger charge is -2.31. The van der Waals surface area contributed by atoms with Gasteiger partial charge in [-0.25, -0.2) is 9.97 Å². The average Bonchev–Trinajstić information content (AvgIpc) is 2.81. The van der Waals surface area contributed by atoms with Crippen LogP contribution in [0.5, 0.6) is 0 Å². The fourth-order valence-corrected chi connectivity index (χ4v) is 5.59. The number of hydrogen-bond donors (Lipinski definition) is 2.